The molecule has 0 atom stereocenters. The van der Waals surface area contributed by atoms with Crippen molar-refractivity contribution in [2.24, 2.45) is 0 Å². The van der Waals surface area contributed by atoms with E-state index in [0.29, 0.717) is 21.3 Å². The maximum absolute atomic E-state index is 12.2. The standard InChI is InChI=1S/C14H10ClNO3S/c15-9-3-4-12-10(6-9)16(14(18)8-19-12)7-11(17)13-2-1-5-20-13/h1-6H,7-8H2. The molecular formula is C14H10ClNO3S. The number of hydrogen-bond acceptors (Lipinski definition) is 4. The number of ketones is 1. The Balaban J connectivity index is 1.91. The Kier molecular flexibility index (Phi) is 3.46. The van der Waals surface area contributed by atoms with Gasteiger partial charge in [0.05, 0.1) is 17.1 Å². The van der Waals surface area contributed by atoms with Crippen molar-refractivity contribution in [1.29, 1.82) is 0 Å². The van der Waals surface area contributed by atoms with E-state index in [2.05, 4.69) is 0 Å². The van der Waals surface area contributed by atoms with E-state index in [1.165, 1.54) is 16.2 Å². The van der Waals surface area contributed by atoms with Crippen LogP contribution in [-0.2, 0) is 4.79 Å². The summed E-state index contributed by atoms with van der Waals surface area (Å²) in [5.74, 6) is 0.221. The number of Topliss-reactive ketones (excluding diaryl/α,β-unsaturated/α-hetero) is 1. The molecular weight excluding hydrogens is 298 g/mol. The van der Waals surface area contributed by atoms with Crippen molar-refractivity contribution in [3.05, 3.63) is 45.6 Å². The van der Waals surface area contributed by atoms with Crippen LogP contribution in [0.4, 0.5) is 5.69 Å². The summed E-state index contributed by atoms with van der Waals surface area (Å²) < 4.78 is 5.33. The second-order valence-electron chi connectivity index (χ2n) is 4.28. The Morgan fingerprint density at radius 1 is 1.40 bits per heavy atom. The average molecular weight is 308 g/mol. The van der Waals surface area contributed by atoms with E-state index in [9.17, 15) is 9.59 Å². The van der Waals surface area contributed by atoms with Crippen LogP contribution >= 0.6 is 22.9 Å². The van der Waals surface area contributed by atoms with Crippen LogP contribution in [-0.4, -0.2) is 24.8 Å². The molecule has 4 nitrogen and oxygen atoms in total. The van der Waals surface area contributed by atoms with Gasteiger partial charge in [0.25, 0.3) is 5.91 Å². The number of halogens is 1. The number of thiophene rings is 1. The minimum Gasteiger partial charge on any atom is -0.482 e. The molecule has 2 aromatic rings. The fourth-order valence-electron chi connectivity index (χ4n) is 2.01. The van der Waals surface area contributed by atoms with Crippen molar-refractivity contribution < 1.29 is 14.3 Å². The van der Waals surface area contributed by atoms with Gasteiger partial charge in [-0.3, -0.25) is 14.5 Å². The first-order chi connectivity index (χ1) is 9.65. The number of amides is 1. The summed E-state index contributed by atoms with van der Waals surface area (Å²) in [5, 5.41) is 2.33. The molecule has 0 saturated heterocycles. The first-order valence-electron chi connectivity index (χ1n) is 5.94. The SMILES string of the molecule is O=C(CN1C(=O)COc2ccc(Cl)cc21)c1cccs1. The normalized spacial score (nSPS) is 13.8. The van der Waals surface area contributed by atoms with Crippen LogP contribution in [0.2, 0.25) is 5.02 Å². The predicted octanol–water partition coefficient (Wildman–Crippen LogP) is 3.01. The molecule has 1 amide bonds. The highest BCUT2D eigenvalue weighted by molar-refractivity contribution is 7.12. The van der Waals surface area contributed by atoms with Crippen LogP contribution in [0.3, 0.4) is 0 Å². The van der Waals surface area contributed by atoms with Gasteiger partial charge in [-0.05, 0) is 29.6 Å². The lowest BCUT2D eigenvalue weighted by molar-refractivity contribution is -0.121. The number of benzene rings is 1. The minimum absolute atomic E-state index is 0.00392. The lowest BCUT2D eigenvalue weighted by Gasteiger charge is -2.28. The highest BCUT2D eigenvalue weighted by Gasteiger charge is 2.28. The Morgan fingerprint density at radius 2 is 2.25 bits per heavy atom. The summed E-state index contributed by atoms with van der Waals surface area (Å²) in [5.41, 5.74) is 0.540. The molecule has 3 rings (SSSR count). The van der Waals surface area contributed by atoms with Crippen LogP contribution in [0.15, 0.2) is 35.7 Å². The molecule has 0 N–H and O–H groups in total. The number of fused-ring (bicyclic) bond motifs is 1. The van der Waals surface area contributed by atoms with Crippen LogP contribution in [0.25, 0.3) is 0 Å². The molecule has 0 fully saturated rings. The van der Waals surface area contributed by atoms with Crippen LogP contribution in [0.1, 0.15) is 9.67 Å². The third-order valence-corrected chi connectivity index (χ3v) is 4.11. The zero-order chi connectivity index (χ0) is 14.1. The molecule has 0 saturated carbocycles. The summed E-state index contributed by atoms with van der Waals surface area (Å²) in [6, 6.07) is 8.58. The Morgan fingerprint density at radius 3 is 3.00 bits per heavy atom. The van der Waals surface area contributed by atoms with Gasteiger partial charge in [0, 0.05) is 5.02 Å². The fraction of sp³-hybridized carbons (Fsp3) is 0.143. The molecule has 1 aromatic carbocycles. The molecule has 6 heteroatoms. The maximum Gasteiger partial charge on any atom is 0.265 e. The van der Waals surface area contributed by atoms with Crippen molar-refractivity contribution in [3.63, 3.8) is 0 Å². The Hall–Kier alpha value is -1.85. The molecule has 0 bridgehead atoms. The van der Waals surface area contributed by atoms with Gasteiger partial charge in [0.1, 0.15) is 5.75 Å². The first-order valence-corrected chi connectivity index (χ1v) is 7.20. The summed E-state index contributed by atoms with van der Waals surface area (Å²) in [6.07, 6.45) is 0. The van der Waals surface area contributed by atoms with Crippen molar-refractivity contribution in [1.82, 2.24) is 0 Å². The number of carbonyl (C=O) groups is 2. The van der Waals surface area contributed by atoms with Crippen molar-refractivity contribution in [2.75, 3.05) is 18.1 Å². The van der Waals surface area contributed by atoms with E-state index in [0.717, 1.165) is 0 Å². The molecule has 0 aliphatic carbocycles. The zero-order valence-corrected chi connectivity index (χ0v) is 11.9. The Bertz CT molecular complexity index is 669. The third-order valence-electron chi connectivity index (χ3n) is 2.96. The third kappa shape index (κ3) is 2.42. The quantitative estimate of drug-likeness (QED) is 0.819. The highest BCUT2D eigenvalue weighted by Crippen LogP contribution is 2.34. The minimum atomic E-state index is -0.246. The second kappa shape index (κ2) is 5.26. The van der Waals surface area contributed by atoms with Crippen molar-refractivity contribution >= 4 is 40.3 Å². The van der Waals surface area contributed by atoms with Gasteiger partial charge in [-0.1, -0.05) is 17.7 Å². The largest absolute Gasteiger partial charge is 0.482 e. The number of rotatable bonds is 3. The number of anilines is 1. The van der Waals surface area contributed by atoms with Gasteiger partial charge in [0.2, 0.25) is 0 Å². The molecule has 102 valence electrons. The lowest BCUT2D eigenvalue weighted by atomic mass is 10.2. The number of hydrogen-bond donors (Lipinski definition) is 0. The maximum atomic E-state index is 12.2. The monoisotopic (exact) mass is 307 g/mol. The first kappa shape index (κ1) is 13.1. The molecule has 1 aromatic heterocycles. The molecule has 2 heterocycles. The summed E-state index contributed by atoms with van der Waals surface area (Å²) in [7, 11) is 0. The number of nitrogens with zero attached hydrogens (tertiary/aromatic N) is 1. The summed E-state index contributed by atoms with van der Waals surface area (Å²) in [6.45, 7) is -0.0671. The molecule has 0 unspecified atom stereocenters. The second-order valence-corrected chi connectivity index (χ2v) is 5.67. The van der Waals surface area contributed by atoms with E-state index in [1.807, 2.05) is 11.4 Å². The lowest BCUT2D eigenvalue weighted by Crippen LogP contribution is -2.41. The van der Waals surface area contributed by atoms with Crippen LogP contribution in [0.5, 0.6) is 5.75 Å². The van der Waals surface area contributed by atoms with E-state index in [1.54, 1.807) is 24.3 Å². The van der Waals surface area contributed by atoms with Crippen LogP contribution in [0, 0.1) is 0 Å². The molecule has 20 heavy (non-hydrogen) atoms. The van der Waals surface area contributed by atoms with E-state index in [4.69, 9.17) is 16.3 Å². The number of carbonyl (C=O) groups excluding carboxylic acids is 2. The van der Waals surface area contributed by atoms with Gasteiger partial charge >= 0.3 is 0 Å². The molecule has 0 radical (unpaired) electrons. The molecule has 1 aliphatic heterocycles. The fourth-order valence-corrected chi connectivity index (χ4v) is 2.83. The van der Waals surface area contributed by atoms with Gasteiger partial charge < -0.3 is 4.74 Å². The predicted molar refractivity (Wildman–Crippen MR) is 77.9 cm³/mol. The van der Waals surface area contributed by atoms with Crippen molar-refractivity contribution in [3.8, 4) is 5.75 Å². The van der Waals surface area contributed by atoms with Gasteiger partial charge in [-0.2, -0.15) is 0 Å². The summed E-state index contributed by atoms with van der Waals surface area (Å²) in [4.78, 5) is 26.2. The summed E-state index contributed by atoms with van der Waals surface area (Å²) >= 11 is 7.31. The molecule has 0 spiro atoms. The van der Waals surface area contributed by atoms with E-state index < -0.39 is 0 Å². The average Bonchev–Trinajstić information content (AvgIpc) is 2.96. The molecule has 1 aliphatic rings. The number of ether oxygens (including phenoxy) is 1. The van der Waals surface area contributed by atoms with E-state index in [-0.39, 0.29) is 24.8 Å². The smallest absolute Gasteiger partial charge is 0.265 e. The highest BCUT2D eigenvalue weighted by atomic mass is 35.5. The van der Waals surface area contributed by atoms with Gasteiger partial charge in [0.15, 0.2) is 12.4 Å². The van der Waals surface area contributed by atoms with E-state index >= 15 is 0 Å². The van der Waals surface area contributed by atoms with Gasteiger partial charge in [-0.15, -0.1) is 11.3 Å². The Labute approximate surface area is 124 Å². The van der Waals surface area contributed by atoms with Crippen LogP contribution < -0.4 is 9.64 Å². The van der Waals surface area contributed by atoms with Crippen molar-refractivity contribution in [2.45, 2.75) is 0 Å². The van der Waals surface area contributed by atoms with Gasteiger partial charge in [-0.25, -0.2) is 0 Å². The topological polar surface area (TPSA) is 46.6 Å². The zero-order valence-electron chi connectivity index (χ0n) is 10.3.